The maximum Gasteiger partial charge on any atom is 0.313 e. The van der Waals surface area contributed by atoms with Crippen molar-refractivity contribution in [3.05, 3.63) is 23.2 Å². The number of thioether (sulfide) groups is 1. The van der Waals surface area contributed by atoms with Gasteiger partial charge < -0.3 is 15.0 Å². The highest BCUT2D eigenvalue weighted by Gasteiger charge is 2.43. The van der Waals surface area contributed by atoms with Gasteiger partial charge in [-0.25, -0.2) is 0 Å². The molecule has 2 amide bonds. The second-order valence-corrected chi connectivity index (χ2v) is 8.24. The highest BCUT2D eigenvalue weighted by molar-refractivity contribution is 8.01. The van der Waals surface area contributed by atoms with Crippen LogP contribution in [0.25, 0.3) is 0 Å². The maximum atomic E-state index is 12.6. The van der Waals surface area contributed by atoms with Crippen molar-refractivity contribution >= 4 is 46.8 Å². The molecule has 1 aromatic rings. The standard InChI is InChI=1S/C17H19ClN2O4S/c1-17(16(23)24-2)5-6-20(9-17)14(21)8-13-15(22)19-11-7-10(18)3-4-12(11)25-13/h3-4,7,13H,5-6,8-9H2,1-2H3,(H,19,22). The molecule has 1 aromatic carbocycles. The third-order valence-electron chi connectivity index (χ3n) is 4.63. The molecule has 2 heterocycles. The second kappa shape index (κ2) is 6.88. The van der Waals surface area contributed by atoms with Crippen molar-refractivity contribution in [2.24, 2.45) is 5.41 Å². The molecule has 0 aliphatic carbocycles. The van der Waals surface area contributed by atoms with Gasteiger partial charge in [0.15, 0.2) is 0 Å². The zero-order valence-corrected chi connectivity index (χ0v) is 15.6. The summed E-state index contributed by atoms with van der Waals surface area (Å²) in [4.78, 5) is 39.3. The Bertz CT molecular complexity index is 741. The summed E-state index contributed by atoms with van der Waals surface area (Å²) in [6.45, 7) is 2.62. The first-order valence-corrected chi connectivity index (χ1v) is 9.21. The number of nitrogens with zero attached hydrogens (tertiary/aromatic N) is 1. The first-order valence-electron chi connectivity index (χ1n) is 7.96. The van der Waals surface area contributed by atoms with Crippen LogP contribution in [0.4, 0.5) is 5.69 Å². The van der Waals surface area contributed by atoms with Crippen LogP contribution in [-0.2, 0) is 19.1 Å². The fourth-order valence-electron chi connectivity index (χ4n) is 3.13. The number of benzene rings is 1. The third-order valence-corrected chi connectivity index (χ3v) is 6.14. The number of methoxy groups -OCH3 is 1. The molecule has 0 aromatic heterocycles. The van der Waals surface area contributed by atoms with Gasteiger partial charge in [-0.05, 0) is 31.5 Å². The van der Waals surface area contributed by atoms with E-state index in [9.17, 15) is 14.4 Å². The molecule has 134 valence electrons. The van der Waals surface area contributed by atoms with Crippen LogP contribution in [-0.4, -0.2) is 48.1 Å². The van der Waals surface area contributed by atoms with Crippen LogP contribution in [0.2, 0.25) is 5.02 Å². The number of ether oxygens (including phenoxy) is 1. The SMILES string of the molecule is COC(=O)C1(C)CCN(C(=O)CC2Sc3ccc(Cl)cc3NC2=O)C1. The van der Waals surface area contributed by atoms with Gasteiger partial charge in [0.2, 0.25) is 11.8 Å². The summed E-state index contributed by atoms with van der Waals surface area (Å²) in [5.41, 5.74) is 0.000980. The molecular formula is C17H19ClN2O4S. The smallest absolute Gasteiger partial charge is 0.313 e. The molecule has 3 rings (SSSR count). The van der Waals surface area contributed by atoms with Crippen molar-refractivity contribution in [3.63, 3.8) is 0 Å². The third kappa shape index (κ3) is 3.62. The lowest BCUT2D eigenvalue weighted by molar-refractivity contribution is -0.151. The second-order valence-electron chi connectivity index (χ2n) is 6.56. The largest absolute Gasteiger partial charge is 0.469 e. The zero-order chi connectivity index (χ0) is 18.2. The van der Waals surface area contributed by atoms with E-state index in [1.807, 2.05) is 6.07 Å². The predicted molar refractivity (Wildman–Crippen MR) is 95.7 cm³/mol. The van der Waals surface area contributed by atoms with Crippen molar-refractivity contribution in [1.29, 1.82) is 0 Å². The van der Waals surface area contributed by atoms with Gasteiger partial charge in [0.1, 0.15) is 0 Å². The Morgan fingerprint density at radius 1 is 1.48 bits per heavy atom. The molecule has 2 aliphatic rings. The number of amides is 2. The summed E-state index contributed by atoms with van der Waals surface area (Å²) in [6.07, 6.45) is 0.659. The van der Waals surface area contributed by atoms with E-state index in [0.29, 0.717) is 30.2 Å². The summed E-state index contributed by atoms with van der Waals surface area (Å²) in [5.74, 6) is -0.640. The van der Waals surface area contributed by atoms with E-state index in [-0.39, 0.29) is 24.2 Å². The first-order chi connectivity index (χ1) is 11.8. The summed E-state index contributed by atoms with van der Waals surface area (Å²) >= 11 is 7.30. The van der Waals surface area contributed by atoms with Crippen LogP contribution >= 0.6 is 23.4 Å². The molecule has 2 unspecified atom stereocenters. The minimum atomic E-state index is -0.671. The predicted octanol–water partition coefficient (Wildman–Crippen LogP) is 2.55. The van der Waals surface area contributed by atoms with E-state index >= 15 is 0 Å². The summed E-state index contributed by atoms with van der Waals surface area (Å²) < 4.78 is 4.83. The summed E-state index contributed by atoms with van der Waals surface area (Å²) in [6, 6.07) is 5.29. The monoisotopic (exact) mass is 382 g/mol. The molecule has 0 saturated carbocycles. The van der Waals surface area contributed by atoms with Crippen molar-refractivity contribution in [2.45, 2.75) is 29.9 Å². The number of nitrogens with one attached hydrogen (secondary N) is 1. The minimum Gasteiger partial charge on any atom is -0.469 e. The van der Waals surface area contributed by atoms with Gasteiger partial charge in [-0.15, -0.1) is 11.8 Å². The van der Waals surface area contributed by atoms with Crippen LogP contribution in [0, 0.1) is 5.41 Å². The van der Waals surface area contributed by atoms with Crippen LogP contribution in [0.5, 0.6) is 0 Å². The molecule has 1 N–H and O–H groups in total. The van der Waals surface area contributed by atoms with Crippen molar-refractivity contribution in [1.82, 2.24) is 4.90 Å². The van der Waals surface area contributed by atoms with Gasteiger partial charge in [-0.3, -0.25) is 14.4 Å². The average Bonchev–Trinajstić information content (AvgIpc) is 2.98. The van der Waals surface area contributed by atoms with Gasteiger partial charge in [-0.1, -0.05) is 11.6 Å². The van der Waals surface area contributed by atoms with Gasteiger partial charge in [-0.2, -0.15) is 0 Å². The number of carbonyl (C=O) groups is 3. The van der Waals surface area contributed by atoms with E-state index in [1.54, 1.807) is 24.0 Å². The number of halogens is 1. The van der Waals surface area contributed by atoms with Crippen LogP contribution in [0.3, 0.4) is 0 Å². The van der Waals surface area contributed by atoms with Crippen molar-refractivity contribution < 1.29 is 19.1 Å². The molecule has 2 atom stereocenters. The van der Waals surface area contributed by atoms with Crippen molar-refractivity contribution in [3.8, 4) is 0 Å². The number of rotatable bonds is 3. The Balaban J connectivity index is 1.65. The lowest BCUT2D eigenvalue weighted by Crippen LogP contribution is -2.39. The summed E-state index contributed by atoms with van der Waals surface area (Å²) in [7, 11) is 1.35. The van der Waals surface area contributed by atoms with E-state index < -0.39 is 10.7 Å². The quantitative estimate of drug-likeness (QED) is 0.813. The van der Waals surface area contributed by atoms with Gasteiger partial charge in [0.05, 0.1) is 23.5 Å². The Morgan fingerprint density at radius 2 is 2.24 bits per heavy atom. The number of anilines is 1. The molecule has 0 radical (unpaired) electrons. The Kier molecular flexibility index (Phi) is 4.97. The maximum absolute atomic E-state index is 12.6. The average molecular weight is 383 g/mol. The van der Waals surface area contributed by atoms with Gasteiger partial charge in [0, 0.05) is 29.4 Å². The lowest BCUT2D eigenvalue weighted by atomic mass is 9.90. The molecule has 6 nitrogen and oxygen atoms in total. The fourth-order valence-corrected chi connectivity index (χ4v) is 4.39. The normalized spacial score (nSPS) is 25.3. The molecule has 1 saturated heterocycles. The topological polar surface area (TPSA) is 75.7 Å². The molecule has 25 heavy (non-hydrogen) atoms. The number of hydrogen-bond donors (Lipinski definition) is 1. The van der Waals surface area contributed by atoms with E-state index in [1.165, 1.54) is 18.9 Å². The van der Waals surface area contributed by atoms with Crippen LogP contribution < -0.4 is 5.32 Å². The fraction of sp³-hybridized carbons (Fsp3) is 0.471. The molecule has 0 spiro atoms. The highest BCUT2D eigenvalue weighted by atomic mass is 35.5. The molecule has 2 aliphatic heterocycles. The summed E-state index contributed by atoms with van der Waals surface area (Å²) in [5, 5.41) is 2.86. The highest BCUT2D eigenvalue weighted by Crippen LogP contribution is 2.39. The van der Waals surface area contributed by atoms with E-state index in [2.05, 4.69) is 5.32 Å². The lowest BCUT2D eigenvalue weighted by Gasteiger charge is -2.26. The molecule has 8 heteroatoms. The Labute approximate surface area is 155 Å². The number of esters is 1. The number of likely N-dealkylation sites (tertiary alicyclic amines) is 1. The van der Waals surface area contributed by atoms with Crippen LogP contribution in [0.1, 0.15) is 19.8 Å². The molecular weight excluding hydrogens is 364 g/mol. The number of hydrogen-bond acceptors (Lipinski definition) is 5. The number of fused-ring (bicyclic) bond motifs is 1. The Morgan fingerprint density at radius 3 is 2.96 bits per heavy atom. The van der Waals surface area contributed by atoms with E-state index in [0.717, 1.165) is 4.90 Å². The first kappa shape index (κ1) is 18.1. The Hall–Kier alpha value is -1.73. The van der Waals surface area contributed by atoms with Gasteiger partial charge in [0.25, 0.3) is 0 Å². The minimum absolute atomic E-state index is 0.0931. The van der Waals surface area contributed by atoms with Crippen LogP contribution in [0.15, 0.2) is 23.1 Å². The molecule has 0 bridgehead atoms. The van der Waals surface area contributed by atoms with Gasteiger partial charge >= 0.3 is 5.97 Å². The number of carbonyl (C=O) groups excluding carboxylic acids is 3. The van der Waals surface area contributed by atoms with E-state index in [4.69, 9.17) is 16.3 Å². The molecule has 1 fully saturated rings. The zero-order valence-electron chi connectivity index (χ0n) is 14.0. The van der Waals surface area contributed by atoms with Crippen molar-refractivity contribution in [2.75, 3.05) is 25.5 Å².